The van der Waals surface area contributed by atoms with Gasteiger partial charge in [0.2, 0.25) is 5.91 Å². The van der Waals surface area contributed by atoms with Crippen LogP contribution in [0.25, 0.3) is 0 Å². The van der Waals surface area contributed by atoms with Crippen molar-refractivity contribution in [1.29, 1.82) is 0 Å². The van der Waals surface area contributed by atoms with Crippen LogP contribution < -0.4 is 5.32 Å². The van der Waals surface area contributed by atoms with Crippen LogP contribution in [0.3, 0.4) is 0 Å². The van der Waals surface area contributed by atoms with E-state index in [9.17, 15) is 61.0 Å². The number of amides is 1. The van der Waals surface area contributed by atoms with Crippen molar-refractivity contribution in [3.63, 3.8) is 0 Å². The summed E-state index contributed by atoms with van der Waals surface area (Å²) in [6, 6.07) is -0.883. The van der Waals surface area contributed by atoms with Crippen molar-refractivity contribution in [1.82, 2.24) is 5.32 Å². The minimum atomic E-state index is -1.97. The Hall–Kier alpha value is -1.21. The van der Waals surface area contributed by atoms with Crippen molar-refractivity contribution in [2.24, 2.45) is 0 Å². The van der Waals surface area contributed by atoms with Crippen LogP contribution in [-0.4, -0.2) is 193 Å². The molecule has 0 aromatic carbocycles. The van der Waals surface area contributed by atoms with E-state index in [1.54, 1.807) is 0 Å². The van der Waals surface area contributed by atoms with Crippen LogP contribution in [0.1, 0.15) is 354 Å². The number of nitrogens with one attached hydrogen (secondary N) is 1. The SMILES string of the molecule is CCCCCCCCCCCCCCCCCCCCCCCCCCCCCCCCCCC(=O)NC(COC1OC(CO)C(OC2OC(CO)C(OC3OC(CO)C(O)C(O)C3O)C(O)C2O)C(O)C1O)C(O)CCCCCCCCCCCCCCCCCCCCC. The molecule has 19 nitrogen and oxygen atoms in total. The fraction of sp³-hybridized carbons (Fsp3) is 0.987. The molecule has 3 heterocycles. The molecular formula is C77H149NO18. The number of hydrogen-bond donors (Lipinski definition) is 12. The van der Waals surface area contributed by atoms with Crippen molar-refractivity contribution < 1.29 is 89.4 Å². The summed E-state index contributed by atoms with van der Waals surface area (Å²) in [6.45, 7) is 1.87. The van der Waals surface area contributed by atoms with E-state index in [0.29, 0.717) is 12.8 Å². The summed E-state index contributed by atoms with van der Waals surface area (Å²) >= 11 is 0. The van der Waals surface area contributed by atoms with E-state index in [1.807, 2.05) is 0 Å². The van der Waals surface area contributed by atoms with E-state index in [4.69, 9.17) is 28.4 Å². The molecule has 3 fully saturated rings. The molecule has 0 aromatic rings. The van der Waals surface area contributed by atoms with Crippen LogP contribution in [0.4, 0.5) is 0 Å². The average molecular weight is 1380 g/mol. The smallest absolute Gasteiger partial charge is 0.220 e. The van der Waals surface area contributed by atoms with Gasteiger partial charge in [-0.3, -0.25) is 4.79 Å². The molecule has 0 aliphatic carbocycles. The standard InChI is InChI=1S/C77H149NO18/c1-3-5-7-9-11-13-15-17-19-21-23-24-25-26-27-28-29-30-31-32-33-34-35-37-39-41-43-45-47-49-51-53-55-65(83)78-60(61(82)54-52-50-48-46-44-42-40-38-36-22-20-18-16-14-12-10-8-6-4-2)59-91-75-71(89)68(86)73(63(57-80)93-75)96-77-72(90)69(87)74(64(58-81)94-77)95-76-70(88)67(85)66(84)62(56-79)92-76/h60-64,66-77,79-82,84-90H,3-59H2,1-2H3,(H,78,83). The van der Waals surface area contributed by atoms with E-state index >= 15 is 0 Å². The largest absolute Gasteiger partial charge is 0.394 e. The summed E-state index contributed by atoms with van der Waals surface area (Å²) in [4.78, 5) is 13.5. The van der Waals surface area contributed by atoms with Gasteiger partial charge in [0.15, 0.2) is 18.9 Å². The van der Waals surface area contributed by atoms with Gasteiger partial charge in [0.05, 0.1) is 38.6 Å². The van der Waals surface area contributed by atoms with Gasteiger partial charge in [0.1, 0.15) is 73.2 Å². The summed E-state index contributed by atoms with van der Waals surface area (Å²) in [5.41, 5.74) is 0. The maximum atomic E-state index is 13.5. The Morgan fingerprint density at radius 3 is 0.906 bits per heavy atom. The van der Waals surface area contributed by atoms with Crippen LogP contribution in [0, 0.1) is 0 Å². The fourth-order valence-electron chi connectivity index (χ4n) is 14.2. The predicted molar refractivity (Wildman–Crippen MR) is 379 cm³/mol. The summed E-state index contributed by atoms with van der Waals surface area (Å²) in [5.74, 6) is -0.233. The Balaban J connectivity index is 1.34. The molecule has 0 aromatic heterocycles. The number of ether oxygens (including phenoxy) is 6. The first-order valence-corrected chi connectivity index (χ1v) is 40.3. The Kier molecular flexibility index (Phi) is 54.9. The number of aliphatic hydroxyl groups excluding tert-OH is 11. The Morgan fingerprint density at radius 2 is 0.594 bits per heavy atom. The zero-order chi connectivity index (χ0) is 69.6. The van der Waals surface area contributed by atoms with Crippen molar-refractivity contribution in [3.8, 4) is 0 Å². The average Bonchev–Trinajstić information content (AvgIpc) is 0.786. The highest BCUT2D eigenvalue weighted by molar-refractivity contribution is 5.76. The molecule has 3 aliphatic heterocycles. The normalized spacial score (nSPS) is 26.9. The highest BCUT2D eigenvalue weighted by Crippen LogP contribution is 2.33. The molecule has 0 spiro atoms. The molecular weight excluding hydrogens is 1230 g/mol. The lowest BCUT2D eigenvalue weighted by Crippen LogP contribution is -2.66. The topological polar surface area (TPSA) is 307 Å². The van der Waals surface area contributed by atoms with Crippen molar-refractivity contribution in [2.75, 3.05) is 26.4 Å². The summed E-state index contributed by atoms with van der Waals surface area (Å²) in [6.07, 6.45) is 40.6. The number of rotatable bonds is 65. The van der Waals surface area contributed by atoms with Crippen LogP contribution >= 0.6 is 0 Å². The van der Waals surface area contributed by atoms with Gasteiger partial charge in [0, 0.05) is 6.42 Å². The molecule has 0 radical (unpaired) electrons. The van der Waals surface area contributed by atoms with E-state index in [0.717, 1.165) is 44.9 Å². The van der Waals surface area contributed by atoms with Gasteiger partial charge in [-0.1, -0.05) is 335 Å². The lowest BCUT2D eigenvalue weighted by molar-refractivity contribution is -0.379. The summed E-state index contributed by atoms with van der Waals surface area (Å²) < 4.78 is 34.5. The maximum absolute atomic E-state index is 13.5. The first-order chi connectivity index (χ1) is 46.8. The molecule has 17 atom stereocenters. The Labute approximate surface area is 583 Å². The van der Waals surface area contributed by atoms with E-state index in [1.165, 1.54) is 276 Å². The molecule has 3 aliphatic rings. The first kappa shape index (κ1) is 89.0. The van der Waals surface area contributed by atoms with Crippen molar-refractivity contribution in [2.45, 2.75) is 458 Å². The second-order valence-electron chi connectivity index (χ2n) is 29.2. The van der Waals surface area contributed by atoms with Gasteiger partial charge in [-0.2, -0.15) is 0 Å². The molecule has 3 rings (SSSR count). The lowest BCUT2D eigenvalue weighted by atomic mass is 9.96. The molecule has 96 heavy (non-hydrogen) atoms. The molecule has 0 saturated carbocycles. The number of hydrogen-bond acceptors (Lipinski definition) is 18. The van der Waals surface area contributed by atoms with Crippen molar-refractivity contribution >= 4 is 5.91 Å². The van der Waals surface area contributed by atoms with Gasteiger partial charge in [-0.05, 0) is 12.8 Å². The lowest BCUT2D eigenvalue weighted by Gasteiger charge is -2.48. The summed E-state index contributed by atoms with van der Waals surface area (Å²) in [5, 5.41) is 121. The van der Waals surface area contributed by atoms with Crippen LogP contribution in [-0.2, 0) is 33.2 Å². The highest BCUT2D eigenvalue weighted by Gasteiger charge is 2.54. The number of unbranched alkanes of at least 4 members (excludes halogenated alkanes) is 49. The van der Waals surface area contributed by atoms with Crippen LogP contribution in [0.15, 0.2) is 0 Å². The third kappa shape index (κ3) is 39.4. The first-order valence-electron chi connectivity index (χ1n) is 40.3. The third-order valence-corrected chi connectivity index (χ3v) is 20.7. The van der Waals surface area contributed by atoms with Gasteiger partial charge in [-0.15, -0.1) is 0 Å². The molecule has 570 valence electrons. The third-order valence-electron chi connectivity index (χ3n) is 20.7. The monoisotopic (exact) mass is 1380 g/mol. The highest BCUT2D eigenvalue weighted by atomic mass is 16.8. The summed E-state index contributed by atoms with van der Waals surface area (Å²) in [7, 11) is 0. The zero-order valence-electron chi connectivity index (χ0n) is 60.9. The van der Waals surface area contributed by atoms with E-state index < -0.39 is 124 Å². The number of carbonyl (C=O) groups is 1. The van der Waals surface area contributed by atoms with E-state index in [2.05, 4.69) is 19.2 Å². The second-order valence-corrected chi connectivity index (χ2v) is 29.2. The van der Waals surface area contributed by atoms with E-state index in [-0.39, 0.29) is 18.9 Å². The molecule has 17 unspecified atom stereocenters. The molecule has 3 saturated heterocycles. The van der Waals surface area contributed by atoms with Gasteiger partial charge < -0.3 is 89.9 Å². The molecule has 1 amide bonds. The van der Waals surface area contributed by atoms with Gasteiger partial charge >= 0.3 is 0 Å². The Bertz CT molecular complexity index is 1740. The Morgan fingerprint density at radius 1 is 0.333 bits per heavy atom. The number of aliphatic hydroxyl groups is 11. The van der Waals surface area contributed by atoms with Crippen LogP contribution in [0.5, 0.6) is 0 Å². The molecule has 0 bridgehead atoms. The number of carbonyl (C=O) groups excluding carboxylic acids is 1. The van der Waals surface area contributed by atoms with Gasteiger partial charge in [-0.25, -0.2) is 0 Å². The second kappa shape index (κ2) is 59.2. The molecule has 12 N–H and O–H groups in total. The minimum Gasteiger partial charge on any atom is -0.394 e. The quantitative estimate of drug-likeness (QED) is 0.0252. The van der Waals surface area contributed by atoms with Crippen molar-refractivity contribution in [3.05, 3.63) is 0 Å². The predicted octanol–water partition coefficient (Wildman–Crippen LogP) is 13.0. The minimum absolute atomic E-state index is 0.233. The fourth-order valence-corrected chi connectivity index (χ4v) is 14.2. The molecule has 19 heteroatoms. The maximum Gasteiger partial charge on any atom is 0.220 e. The van der Waals surface area contributed by atoms with Crippen LogP contribution in [0.2, 0.25) is 0 Å². The van der Waals surface area contributed by atoms with Gasteiger partial charge in [0.25, 0.3) is 0 Å². The zero-order valence-corrected chi connectivity index (χ0v) is 60.9.